The van der Waals surface area contributed by atoms with Crippen LogP contribution in [0.1, 0.15) is 62.0 Å². The molecule has 0 aliphatic carbocycles. The van der Waals surface area contributed by atoms with Gasteiger partial charge in [0.15, 0.2) is 0 Å². The van der Waals surface area contributed by atoms with Gasteiger partial charge in [0.1, 0.15) is 23.1 Å². The van der Waals surface area contributed by atoms with E-state index in [1.807, 2.05) is 25.7 Å². The third-order valence-electron chi connectivity index (χ3n) is 6.48. The van der Waals surface area contributed by atoms with Gasteiger partial charge in [0.2, 0.25) is 6.41 Å². The number of benzene rings is 1. The van der Waals surface area contributed by atoms with Gasteiger partial charge in [-0.05, 0) is 58.2 Å². The second kappa shape index (κ2) is 10.4. The molecule has 1 atom stereocenters. The van der Waals surface area contributed by atoms with Crippen LogP contribution < -0.4 is 5.73 Å². The van der Waals surface area contributed by atoms with Crippen LogP contribution in [-0.4, -0.2) is 54.7 Å². The largest absolute Gasteiger partial charge is 0.416 e. The van der Waals surface area contributed by atoms with Gasteiger partial charge in [-0.25, -0.2) is 4.68 Å². The van der Waals surface area contributed by atoms with E-state index in [4.69, 9.17) is 10.5 Å². The van der Waals surface area contributed by atoms with Crippen molar-refractivity contribution in [2.24, 2.45) is 0 Å². The minimum atomic E-state index is -4.43. The molecule has 3 aromatic rings. The maximum Gasteiger partial charge on any atom is 0.416 e. The number of hydrogen-bond donors (Lipinski definition) is 2. The third kappa shape index (κ3) is 6.01. The molecule has 9 nitrogen and oxygen atoms in total. The van der Waals surface area contributed by atoms with Gasteiger partial charge < -0.3 is 15.6 Å². The highest BCUT2D eigenvalue weighted by molar-refractivity contribution is 5.73. The Kier molecular flexibility index (Phi) is 7.56. The number of rotatable bonds is 6. The molecule has 0 radical (unpaired) electrons. The lowest BCUT2D eigenvalue weighted by atomic mass is 10.1. The Morgan fingerprint density at radius 2 is 1.89 bits per heavy atom. The van der Waals surface area contributed by atoms with E-state index in [1.165, 1.54) is 10.7 Å². The molecule has 0 amide bonds. The van der Waals surface area contributed by atoms with Gasteiger partial charge in [0.05, 0.1) is 29.4 Å². The number of aryl methyl sites for hydroxylation is 1. The first kappa shape index (κ1) is 27.6. The Morgan fingerprint density at radius 3 is 2.50 bits per heavy atom. The minimum absolute atomic E-state index is 0.0746. The van der Waals surface area contributed by atoms with E-state index in [0.29, 0.717) is 48.4 Å². The van der Waals surface area contributed by atoms with Crippen molar-refractivity contribution in [2.45, 2.75) is 71.3 Å². The molecule has 1 saturated heterocycles. The number of likely N-dealkylation sites (tertiary alicyclic amines) is 1. The van der Waals surface area contributed by atoms with Crippen LogP contribution in [0.2, 0.25) is 0 Å². The fourth-order valence-corrected chi connectivity index (χ4v) is 4.63. The highest BCUT2D eigenvalue weighted by Crippen LogP contribution is 2.34. The van der Waals surface area contributed by atoms with E-state index in [0.717, 1.165) is 12.1 Å². The Hall–Kier alpha value is -3.40. The molecule has 3 heterocycles. The van der Waals surface area contributed by atoms with Gasteiger partial charge in [-0.2, -0.15) is 28.6 Å². The average molecular weight is 532 g/mol. The van der Waals surface area contributed by atoms with Crippen molar-refractivity contribution < 1.29 is 23.0 Å². The molecule has 1 fully saturated rings. The fourth-order valence-electron chi connectivity index (χ4n) is 4.63. The second-order valence-electron chi connectivity index (χ2n) is 10.5. The third-order valence-corrected chi connectivity index (χ3v) is 6.48. The summed E-state index contributed by atoms with van der Waals surface area (Å²) in [5.41, 5.74) is 7.38. The topological polar surface area (TPSA) is 118 Å². The Bertz CT molecular complexity index is 1330. The summed E-state index contributed by atoms with van der Waals surface area (Å²) in [6, 6.07) is 7.17. The van der Waals surface area contributed by atoms with E-state index >= 15 is 0 Å². The molecule has 1 aliphatic heterocycles. The van der Waals surface area contributed by atoms with Crippen LogP contribution in [0.5, 0.6) is 0 Å². The lowest BCUT2D eigenvalue weighted by Crippen LogP contribution is -2.46. The van der Waals surface area contributed by atoms with Gasteiger partial charge in [0.25, 0.3) is 0 Å². The SMILES string of the molecule is Cc1nn(Cc2cccc(C(F)(F)F)c2)cc1-c1nn(C2CCN(C(O)OC(C)(C)C)CC2)c(N)c1C#N. The molecule has 0 bridgehead atoms. The van der Waals surface area contributed by atoms with Crippen LogP contribution >= 0.6 is 0 Å². The van der Waals surface area contributed by atoms with Crippen molar-refractivity contribution in [1.82, 2.24) is 24.5 Å². The zero-order valence-electron chi connectivity index (χ0n) is 21.8. The highest BCUT2D eigenvalue weighted by Gasteiger charge is 2.32. The quantitative estimate of drug-likeness (QED) is 0.455. The summed E-state index contributed by atoms with van der Waals surface area (Å²) in [5.74, 6) is 0.248. The summed E-state index contributed by atoms with van der Waals surface area (Å²) in [7, 11) is 0. The molecular formula is C26H32F3N7O2. The predicted molar refractivity (Wildman–Crippen MR) is 135 cm³/mol. The normalized spacial score (nSPS) is 16.5. The number of aromatic nitrogens is 4. The lowest BCUT2D eigenvalue weighted by Gasteiger charge is -2.37. The van der Waals surface area contributed by atoms with Crippen LogP contribution in [0.25, 0.3) is 11.3 Å². The first-order valence-corrected chi connectivity index (χ1v) is 12.4. The van der Waals surface area contributed by atoms with Crippen molar-refractivity contribution in [3.63, 3.8) is 0 Å². The molecule has 38 heavy (non-hydrogen) atoms. The van der Waals surface area contributed by atoms with Gasteiger partial charge >= 0.3 is 6.18 Å². The molecule has 1 aromatic carbocycles. The molecule has 2 aromatic heterocycles. The van der Waals surface area contributed by atoms with Crippen molar-refractivity contribution in [3.8, 4) is 17.3 Å². The van der Waals surface area contributed by atoms with Gasteiger partial charge in [0, 0.05) is 24.8 Å². The highest BCUT2D eigenvalue weighted by atomic mass is 19.4. The van der Waals surface area contributed by atoms with Crippen molar-refractivity contribution >= 4 is 5.82 Å². The summed E-state index contributed by atoms with van der Waals surface area (Å²) in [6.45, 7) is 8.63. The number of aliphatic hydroxyl groups is 1. The van der Waals surface area contributed by atoms with E-state index in [2.05, 4.69) is 16.3 Å². The van der Waals surface area contributed by atoms with E-state index in [1.54, 1.807) is 23.9 Å². The number of piperidine rings is 1. The van der Waals surface area contributed by atoms with Crippen molar-refractivity contribution in [1.29, 1.82) is 5.26 Å². The minimum Gasteiger partial charge on any atom is -0.383 e. The molecule has 0 saturated carbocycles. The van der Waals surface area contributed by atoms with Crippen molar-refractivity contribution in [3.05, 3.63) is 52.8 Å². The molecule has 1 aliphatic rings. The number of nitrogen functional groups attached to an aromatic ring is 1. The van der Waals surface area contributed by atoms with Gasteiger partial charge in [-0.1, -0.05) is 12.1 Å². The Balaban J connectivity index is 1.54. The molecule has 1 unspecified atom stereocenters. The Morgan fingerprint density at radius 1 is 1.21 bits per heavy atom. The second-order valence-corrected chi connectivity index (χ2v) is 10.5. The molecular weight excluding hydrogens is 499 g/mol. The summed E-state index contributed by atoms with van der Waals surface area (Å²) >= 11 is 0. The maximum atomic E-state index is 13.1. The molecule has 3 N–H and O–H groups in total. The summed E-state index contributed by atoms with van der Waals surface area (Å²) < 4.78 is 48.1. The monoisotopic (exact) mass is 531 g/mol. The lowest BCUT2D eigenvalue weighted by molar-refractivity contribution is -0.243. The van der Waals surface area contributed by atoms with Crippen LogP contribution in [0.3, 0.4) is 0 Å². The Labute approximate surface area is 219 Å². The number of aliphatic hydroxyl groups excluding tert-OH is 1. The average Bonchev–Trinajstić information content (AvgIpc) is 3.36. The summed E-state index contributed by atoms with van der Waals surface area (Å²) in [5, 5.41) is 29.4. The number of alkyl halides is 3. The molecule has 4 rings (SSSR count). The van der Waals surface area contributed by atoms with Gasteiger partial charge in [-0.15, -0.1) is 0 Å². The first-order chi connectivity index (χ1) is 17.8. The smallest absolute Gasteiger partial charge is 0.383 e. The zero-order valence-corrected chi connectivity index (χ0v) is 21.8. The van der Waals surface area contributed by atoms with Crippen LogP contribution in [-0.2, 0) is 17.5 Å². The number of hydrogen-bond acceptors (Lipinski definition) is 7. The predicted octanol–water partition coefficient (Wildman–Crippen LogP) is 4.30. The van der Waals surface area contributed by atoms with Crippen LogP contribution in [0.15, 0.2) is 30.5 Å². The first-order valence-electron chi connectivity index (χ1n) is 12.4. The summed E-state index contributed by atoms with van der Waals surface area (Å²) in [4.78, 5) is 1.84. The zero-order chi connectivity index (χ0) is 27.8. The van der Waals surface area contributed by atoms with E-state index in [-0.39, 0.29) is 24.0 Å². The number of nitrogens with two attached hydrogens (primary N) is 1. The number of ether oxygens (including phenoxy) is 1. The van der Waals surface area contributed by atoms with Crippen molar-refractivity contribution in [2.75, 3.05) is 18.8 Å². The molecule has 0 spiro atoms. The van der Waals surface area contributed by atoms with Crippen LogP contribution in [0, 0.1) is 18.3 Å². The molecule has 12 heteroatoms. The van der Waals surface area contributed by atoms with E-state index in [9.17, 15) is 23.5 Å². The standard InChI is InChI=1S/C26H32F3N7O2/c1-16-21(15-35(32-16)14-17-6-5-7-18(12-17)26(27,28)29)22-20(13-30)23(31)36(33-22)19-8-10-34(11-9-19)24(37)38-25(2,3)4/h5-7,12,15,19,24,37H,8-11,14,31H2,1-4H3. The number of nitriles is 1. The summed E-state index contributed by atoms with van der Waals surface area (Å²) in [6.07, 6.45) is -2.48. The maximum absolute atomic E-state index is 13.1. The fraction of sp³-hybridized carbons (Fsp3) is 0.500. The van der Waals surface area contributed by atoms with Gasteiger partial charge in [-0.3, -0.25) is 9.58 Å². The van der Waals surface area contributed by atoms with E-state index < -0.39 is 23.8 Å². The molecule has 204 valence electrons. The van der Waals surface area contributed by atoms with Crippen LogP contribution in [0.4, 0.5) is 19.0 Å². The number of halogens is 3. The number of anilines is 1. The number of nitrogens with zero attached hydrogens (tertiary/aromatic N) is 6.